The number of nitrogens with zero attached hydrogens (tertiary/aromatic N) is 3. The summed E-state index contributed by atoms with van der Waals surface area (Å²) in [6, 6.07) is 3.29. The number of hydrogen-bond acceptors (Lipinski definition) is 10. The SMILES string of the molecule is O=C(C(COP(=O)(O)O)OP(=O)(O)O)N1CC=C(c2c(F)cc(-n3cc(OCc4ccon4)oc3=O)cc2F)CC1. The first-order valence-corrected chi connectivity index (χ1v) is 14.4. The Morgan fingerprint density at radius 2 is 1.85 bits per heavy atom. The van der Waals surface area contributed by atoms with Crippen LogP contribution in [0.4, 0.5) is 8.78 Å². The Morgan fingerprint density at radius 1 is 1.15 bits per heavy atom. The molecule has 1 atom stereocenters. The second-order valence-corrected chi connectivity index (χ2v) is 10.8. The molecule has 0 fully saturated rings. The predicted octanol–water partition coefficient (Wildman–Crippen LogP) is 1.48. The summed E-state index contributed by atoms with van der Waals surface area (Å²) >= 11 is 0. The standard InChI is InChI=1S/C21H21F2N3O13P2/c22-15-7-14(26-9-18(38-21(26)28)35-10-13-3-6-36-24-13)8-16(23)19(15)12-1-4-25(5-2-12)20(27)17(39-41(32,33)34)11-37-40(29,30)31/h1,3,6-9,17H,2,4-5,10-11H2,(H2,29,30,31)(H2,32,33,34). The van der Waals surface area contributed by atoms with Gasteiger partial charge < -0.3 is 38.2 Å². The third-order valence-electron chi connectivity index (χ3n) is 5.55. The minimum Gasteiger partial charge on any atom is -0.457 e. The van der Waals surface area contributed by atoms with Gasteiger partial charge in [-0.1, -0.05) is 11.2 Å². The first kappa shape index (κ1) is 30.5. The molecule has 1 unspecified atom stereocenters. The van der Waals surface area contributed by atoms with Gasteiger partial charge >= 0.3 is 27.3 Å². The molecular weight excluding hydrogens is 602 g/mol. The summed E-state index contributed by atoms with van der Waals surface area (Å²) in [4.78, 5) is 61.7. The number of amides is 1. The lowest BCUT2D eigenvalue weighted by atomic mass is 9.97. The highest BCUT2D eigenvalue weighted by Gasteiger charge is 2.35. The van der Waals surface area contributed by atoms with Crippen molar-refractivity contribution in [1.29, 1.82) is 0 Å². The van der Waals surface area contributed by atoms with Gasteiger partial charge in [0.05, 0.1) is 18.5 Å². The first-order valence-electron chi connectivity index (χ1n) is 11.4. The van der Waals surface area contributed by atoms with E-state index in [1.807, 2.05) is 0 Å². The molecule has 2 aromatic heterocycles. The second kappa shape index (κ2) is 12.2. The third-order valence-corrected chi connectivity index (χ3v) is 6.57. The lowest BCUT2D eigenvalue weighted by Gasteiger charge is -2.30. The van der Waals surface area contributed by atoms with Crippen molar-refractivity contribution >= 4 is 27.1 Å². The largest absolute Gasteiger partial charge is 0.470 e. The van der Waals surface area contributed by atoms with Gasteiger partial charge in [0.15, 0.2) is 6.10 Å². The van der Waals surface area contributed by atoms with Crippen molar-refractivity contribution in [2.75, 3.05) is 19.7 Å². The molecule has 1 aliphatic rings. The molecule has 3 heterocycles. The number of carbonyl (C=O) groups is 1. The topological polar surface area (TPSA) is 224 Å². The summed E-state index contributed by atoms with van der Waals surface area (Å²) in [5, 5.41) is 3.63. The summed E-state index contributed by atoms with van der Waals surface area (Å²) < 4.78 is 76.5. The van der Waals surface area contributed by atoms with Crippen LogP contribution in [0.5, 0.6) is 5.95 Å². The first-order chi connectivity index (χ1) is 19.2. The van der Waals surface area contributed by atoms with E-state index in [-0.39, 0.29) is 43.3 Å². The predicted molar refractivity (Wildman–Crippen MR) is 129 cm³/mol. The summed E-state index contributed by atoms with van der Waals surface area (Å²) in [7, 11) is -10.4. The number of ether oxygens (including phenoxy) is 1. The van der Waals surface area contributed by atoms with Crippen LogP contribution in [-0.4, -0.2) is 65.9 Å². The molecule has 1 aromatic carbocycles. The lowest BCUT2D eigenvalue weighted by molar-refractivity contribution is -0.140. The monoisotopic (exact) mass is 623 g/mol. The van der Waals surface area contributed by atoms with Crippen LogP contribution in [0.15, 0.2) is 50.5 Å². The molecular formula is C21H21F2N3O13P2. The summed E-state index contributed by atoms with van der Waals surface area (Å²) in [5.41, 5.74) is -0.0925. The van der Waals surface area contributed by atoms with Gasteiger partial charge in [-0.25, -0.2) is 27.3 Å². The van der Waals surface area contributed by atoms with E-state index in [9.17, 15) is 18.7 Å². The minimum atomic E-state index is -5.27. The summed E-state index contributed by atoms with van der Waals surface area (Å²) in [6.07, 6.45) is 1.48. The third kappa shape index (κ3) is 8.06. The van der Waals surface area contributed by atoms with E-state index < -0.39 is 57.2 Å². The van der Waals surface area contributed by atoms with E-state index in [0.717, 1.165) is 27.8 Å². The quantitative estimate of drug-likeness (QED) is 0.222. The number of oxazole rings is 1. The normalized spacial score (nSPS) is 15.1. The van der Waals surface area contributed by atoms with E-state index in [1.54, 1.807) is 0 Å². The van der Waals surface area contributed by atoms with Crippen LogP contribution in [0.2, 0.25) is 0 Å². The summed E-state index contributed by atoms with van der Waals surface area (Å²) in [5.74, 6) is -4.39. The molecule has 1 amide bonds. The van der Waals surface area contributed by atoms with Crippen LogP contribution >= 0.6 is 15.6 Å². The maximum Gasteiger partial charge on any atom is 0.470 e. The van der Waals surface area contributed by atoms with Crippen molar-refractivity contribution in [3.8, 4) is 11.6 Å². The zero-order chi connectivity index (χ0) is 29.9. The number of carbonyl (C=O) groups excluding carboxylic acids is 1. The van der Waals surface area contributed by atoms with Gasteiger partial charge in [0.2, 0.25) is 0 Å². The Bertz CT molecular complexity index is 1570. The van der Waals surface area contributed by atoms with Gasteiger partial charge in [-0.05, 0) is 24.1 Å². The van der Waals surface area contributed by atoms with E-state index in [2.05, 4.69) is 18.7 Å². The van der Waals surface area contributed by atoms with Gasteiger partial charge in [-0.15, -0.1) is 0 Å². The fraction of sp³-hybridized carbons (Fsp3) is 0.286. The zero-order valence-corrected chi connectivity index (χ0v) is 22.3. The molecule has 0 saturated carbocycles. The van der Waals surface area contributed by atoms with Crippen LogP contribution in [0, 0.1) is 11.6 Å². The Hall–Kier alpha value is -3.47. The maximum absolute atomic E-state index is 15.1. The van der Waals surface area contributed by atoms with Crippen molar-refractivity contribution in [2.45, 2.75) is 19.1 Å². The van der Waals surface area contributed by atoms with Crippen LogP contribution in [0.1, 0.15) is 17.7 Å². The molecule has 16 nitrogen and oxygen atoms in total. The Kier molecular flexibility index (Phi) is 9.06. The Labute approximate surface area is 227 Å². The van der Waals surface area contributed by atoms with Crippen LogP contribution in [0.25, 0.3) is 11.3 Å². The minimum absolute atomic E-state index is 0.0956. The molecule has 3 aromatic rings. The number of benzene rings is 1. The van der Waals surface area contributed by atoms with Crippen molar-refractivity contribution in [2.24, 2.45) is 0 Å². The highest BCUT2D eigenvalue weighted by atomic mass is 31.2. The number of hydrogen-bond donors (Lipinski definition) is 4. The Morgan fingerprint density at radius 3 is 2.41 bits per heavy atom. The maximum atomic E-state index is 15.1. The van der Waals surface area contributed by atoms with Gasteiger partial charge in [-0.2, -0.15) is 0 Å². The Balaban J connectivity index is 1.48. The molecule has 1 aliphatic heterocycles. The molecule has 0 saturated heterocycles. The second-order valence-electron chi connectivity index (χ2n) is 8.38. The fourth-order valence-electron chi connectivity index (χ4n) is 3.81. The number of phosphoric acid groups is 2. The molecule has 222 valence electrons. The molecule has 0 aliphatic carbocycles. The van der Waals surface area contributed by atoms with Crippen LogP contribution in [-0.2, 0) is 29.6 Å². The number of rotatable bonds is 11. The lowest BCUT2D eigenvalue weighted by Crippen LogP contribution is -2.44. The fourth-order valence-corrected chi connectivity index (χ4v) is 4.62. The zero-order valence-electron chi connectivity index (χ0n) is 20.5. The molecule has 4 rings (SSSR count). The van der Waals surface area contributed by atoms with E-state index in [1.165, 1.54) is 18.4 Å². The highest BCUT2D eigenvalue weighted by molar-refractivity contribution is 7.46. The van der Waals surface area contributed by atoms with E-state index >= 15 is 8.78 Å². The van der Waals surface area contributed by atoms with Gasteiger partial charge in [0, 0.05) is 24.7 Å². The molecule has 0 radical (unpaired) electrons. The number of halogens is 2. The van der Waals surface area contributed by atoms with Gasteiger partial charge in [-0.3, -0.25) is 13.8 Å². The van der Waals surface area contributed by atoms with Crippen molar-refractivity contribution < 1.29 is 65.0 Å². The molecule has 0 spiro atoms. The van der Waals surface area contributed by atoms with Crippen molar-refractivity contribution in [3.63, 3.8) is 0 Å². The van der Waals surface area contributed by atoms with E-state index in [4.69, 9.17) is 28.7 Å². The molecule has 0 bridgehead atoms. The molecule has 41 heavy (non-hydrogen) atoms. The smallest absolute Gasteiger partial charge is 0.457 e. The number of aromatic nitrogens is 2. The van der Waals surface area contributed by atoms with Crippen LogP contribution < -0.4 is 10.5 Å². The summed E-state index contributed by atoms with van der Waals surface area (Å²) in [6.45, 7) is -1.76. The van der Waals surface area contributed by atoms with E-state index in [0.29, 0.717) is 5.69 Å². The average Bonchev–Trinajstić information content (AvgIpc) is 3.53. The van der Waals surface area contributed by atoms with Gasteiger partial charge in [0.1, 0.15) is 30.2 Å². The van der Waals surface area contributed by atoms with Gasteiger partial charge in [0.25, 0.3) is 5.91 Å². The number of phosphoric ester groups is 2. The molecule has 4 N–H and O–H groups in total. The van der Waals surface area contributed by atoms with Crippen molar-refractivity contribution in [1.82, 2.24) is 14.6 Å². The van der Waals surface area contributed by atoms with Crippen LogP contribution in [0.3, 0.4) is 0 Å². The highest BCUT2D eigenvalue weighted by Crippen LogP contribution is 2.41. The average molecular weight is 623 g/mol. The molecule has 20 heteroatoms. The van der Waals surface area contributed by atoms with Crippen molar-refractivity contribution in [3.05, 3.63) is 70.2 Å².